The lowest BCUT2D eigenvalue weighted by molar-refractivity contribution is -0.144. The SMILES string of the molecule is Fc1ccc(F)c(Cc2nc(-c3n[nH]c(C(F)(F)F)n3)cn3ncnc23)c1. The van der Waals surface area contributed by atoms with Gasteiger partial charge in [-0.1, -0.05) is 0 Å². The zero-order chi connectivity index (χ0) is 19.2. The molecule has 0 fully saturated rings. The number of halogens is 5. The highest BCUT2D eigenvalue weighted by molar-refractivity contribution is 5.54. The number of fused-ring (bicyclic) bond motifs is 1. The van der Waals surface area contributed by atoms with E-state index < -0.39 is 23.6 Å². The molecule has 4 rings (SSSR count). The molecule has 12 heteroatoms. The van der Waals surface area contributed by atoms with Gasteiger partial charge < -0.3 is 0 Å². The van der Waals surface area contributed by atoms with Gasteiger partial charge in [0.25, 0.3) is 0 Å². The second-order valence-electron chi connectivity index (χ2n) is 5.52. The molecule has 0 spiro atoms. The van der Waals surface area contributed by atoms with Crippen molar-refractivity contribution in [1.82, 2.24) is 34.8 Å². The minimum atomic E-state index is -4.70. The maximum absolute atomic E-state index is 13.9. The average molecular weight is 381 g/mol. The highest BCUT2D eigenvalue weighted by atomic mass is 19.4. The summed E-state index contributed by atoms with van der Waals surface area (Å²) in [6, 6.07) is 2.95. The maximum Gasteiger partial charge on any atom is 0.451 e. The van der Waals surface area contributed by atoms with Crippen molar-refractivity contribution in [2.45, 2.75) is 12.6 Å². The van der Waals surface area contributed by atoms with Crippen LogP contribution in [0.3, 0.4) is 0 Å². The van der Waals surface area contributed by atoms with Crippen LogP contribution in [0.15, 0.2) is 30.7 Å². The largest absolute Gasteiger partial charge is 0.451 e. The summed E-state index contributed by atoms with van der Waals surface area (Å²) < 4.78 is 66.7. The second-order valence-corrected chi connectivity index (χ2v) is 5.52. The molecule has 138 valence electrons. The van der Waals surface area contributed by atoms with Crippen LogP contribution in [-0.4, -0.2) is 34.8 Å². The minimum Gasteiger partial charge on any atom is -0.255 e. The molecular weight excluding hydrogens is 373 g/mol. The van der Waals surface area contributed by atoms with Crippen LogP contribution < -0.4 is 0 Å². The first-order chi connectivity index (χ1) is 12.8. The molecule has 27 heavy (non-hydrogen) atoms. The van der Waals surface area contributed by atoms with E-state index in [1.807, 2.05) is 0 Å². The highest BCUT2D eigenvalue weighted by Crippen LogP contribution is 2.27. The fraction of sp³-hybridized carbons (Fsp3) is 0.133. The summed E-state index contributed by atoms with van der Waals surface area (Å²) in [5.74, 6) is -2.89. The van der Waals surface area contributed by atoms with Crippen molar-refractivity contribution in [3.8, 4) is 11.5 Å². The normalized spacial score (nSPS) is 12.0. The molecule has 7 nitrogen and oxygen atoms in total. The molecule has 3 aromatic heterocycles. The quantitative estimate of drug-likeness (QED) is 0.552. The van der Waals surface area contributed by atoms with Crippen molar-refractivity contribution >= 4 is 5.65 Å². The number of nitrogens with one attached hydrogen (secondary N) is 1. The third-order valence-electron chi connectivity index (χ3n) is 3.68. The lowest BCUT2D eigenvalue weighted by atomic mass is 10.1. The van der Waals surface area contributed by atoms with Crippen molar-refractivity contribution in [1.29, 1.82) is 0 Å². The molecule has 1 N–H and O–H groups in total. The standard InChI is InChI=1S/C15H8F5N7/c16-8-1-2-9(17)7(3-8)4-10-13-21-6-22-27(13)5-11(23-10)12-24-14(26-25-12)15(18,19)20/h1-3,5-6H,4H2,(H,24,25,26). The number of hydrogen-bond donors (Lipinski definition) is 1. The maximum atomic E-state index is 13.9. The number of alkyl halides is 3. The van der Waals surface area contributed by atoms with Crippen LogP contribution in [-0.2, 0) is 12.6 Å². The second kappa shape index (κ2) is 6.07. The van der Waals surface area contributed by atoms with E-state index in [-0.39, 0.29) is 34.8 Å². The summed E-state index contributed by atoms with van der Waals surface area (Å²) >= 11 is 0. The number of nitrogens with zero attached hydrogens (tertiary/aromatic N) is 6. The minimum absolute atomic E-state index is 0.00974. The van der Waals surface area contributed by atoms with Gasteiger partial charge in [-0.3, -0.25) is 5.10 Å². The van der Waals surface area contributed by atoms with Crippen LogP contribution >= 0.6 is 0 Å². The Morgan fingerprint density at radius 2 is 1.93 bits per heavy atom. The van der Waals surface area contributed by atoms with Gasteiger partial charge in [0.1, 0.15) is 23.7 Å². The average Bonchev–Trinajstić information content (AvgIpc) is 3.26. The van der Waals surface area contributed by atoms with Gasteiger partial charge in [0.05, 0.1) is 11.9 Å². The molecular formula is C15H8F5N7. The predicted molar refractivity (Wildman–Crippen MR) is 80.3 cm³/mol. The van der Waals surface area contributed by atoms with E-state index in [1.54, 1.807) is 5.10 Å². The molecule has 0 saturated heterocycles. The lowest BCUT2D eigenvalue weighted by Gasteiger charge is -2.06. The summed E-state index contributed by atoms with van der Waals surface area (Å²) in [5, 5.41) is 9.21. The van der Waals surface area contributed by atoms with E-state index >= 15 is 0 Å². The van der Waals surface area contributed by atoms with Crippen LogP contribution in [0.25, 0.3) is 17.2 Å². The van der Waals surface area contributed by atoms with E-state index in [2.05, 4.69) is 25.1 Å². The van der Waals surface area contributed by atoms with Crippen molar-refractivity contribution in [2.75, 3.05) is 0 Å². The van der Waals surface area contributed by atoms with Gasteiger partial charge in [-0.15, -0.1) is 0 Å². The lowest BCUT2D eigenvalue weighted by Crippen LogP contribution is -2.07. The molecule has 0 aliphatic rings. The summed E-state index contributed by atoms with van der Waals surface area (Å²) in [6.45, 7) is 0. The molecule has 0 unspecified atom stereocenters. The summed E-state index contributed by atoms with van der Waals surface area (Å²) in [6.07, 6.45) is -2.37. The third-order valence-corrected chi connectivity index (χ3v) is 3.68. The number of benzene rings is 1. The number of H-pyrrole nitrogens is 1. The van der Waals surface area contributed by atoms with E-state index in [4.69, 9.17) is 0 Å². The van der Waals surface area contributed by atoms with Gasteiger partial charge in [-0.05, 0) is 23.8 Å². The molecule has 4 aromatic rings. The fourth-order valence-electron chi connectivity index (χ4n) is 2.48. The van der Waals surface area contributed by atoms with E-state index in [9.17, 15) is 22.0 Å². The van der Waals surface area contributed by atoms with Crippen molar-refractivity contribution in [3.05, 3.63) is 59.4 Å². The van der Waals surface area contributed by atoms with Gasteiger partial charge in [-0.25, -0.2) is 28.2 Å². The molecule has 0 radical (unpaired) electrons. The molecule has 0 aliphatic carbocycles. The van der Waals surface area contributed by atoms with Gasteiger partial charge in [0.15, 0.2) is 5.65 Å². The Bertz CT molecular complexity index is 1130. The molecule has 0 saturated carbocycles. The molecule has 0 bridgehead atoms. The third kappa shape index (κ3) is 3.20. The van der Waals surface area contributed by atoms with Gasteiger partial charge >= 0.3 is 6.18 Å². The predicted octanol–water partition coefficient (Wildman–Crippen LogP) is 2.80. The topological polar surface area (TPSA) is 84.7 Å². The van der Waals surface area contributed by atoms with E-state index in [0.717, 1.165) is 18.2 Å². The molecule has 0 aliphatic heterocycles. The van der Waals surface area contributed by atoms with Crippen molar-refractivity contribution in [3.63, 3.8) is 0 Å². The monoisotopic (exact) mass is 381 g/mol. The zero-order valence-electron chi connectivity index (χ0n) is 13.2. The Labute approximate surface area is 146 Å². The Morgan fingerprint density at radius 1 is 1.11 bits per heavy atom. The molecule has 0 atom stereocenters. The van der Waals surface area contributed by atoms with Crippen LogP contribution in [0, 0.1) is 11.6 Å². The number of aromatic nitrogens is 7. The summed E-state index contributed by atoms with van der Waals surface area (Å²) in [4.78, 5) is 11.5. The van der Waals surface area contributed by atoms with E-state index in [1.165, 1.54) is 17.0 Å². The van der Waals surface area contributed by atoms with Crippen LogP contribution in [0.1, 0.15) is 17.1 Å². The number of hydrogen-bond acceptors (Lipinski definition) is 5. The van der Waals surface area contributed by atoms with Crippen LogP contribution in [0.4, 0.5) is 22.0 Å². The van der Waals surface area contributed by atoms with Gasteiger partial charge in [0, 0.05) is 6.42 Å². The Hall–Kier alpha value is -3.44. The smallest absolute Gasteiger partial charge is 0.255 e. The van der Waals surface area contributed by atoms with Gasteiger partial charge in [-0.2, -0.15) is 23.4 Å². The van der Waals surface area contributed by atoms with E-state index in [0.29, 0.717) is 0 Å². The van der Waals surface area contributed by atoms with Gasteiger partial charge in [0.2, 0.25) is 11.6 Å². The first-order valence-electron chi connectivity index (χ1n) is 7.44. The highest BCUT2D eigenvalue weighted by Gasteiger charge is 2.35. The molecule has 0 amide bonds. The first-order valence-corrected chi connectivity index (χ1v) is 7.44. The Morgan fingerprint density at radius 3 is 2.67 bits per heavy atom. The summed E-state index contributed by atoms with van der Waals surface area (Å²) in [5.41, 5.74) is 0.393. The summed E-state index contributed by atoms with van der Waals surface area (Å²) in [7, 11) is 0. The Kier molecular flexibility index (Phi) is 3.82. The first kappa shape index (κ1) is 17.0. The van der Waals surface area contributed by atoms with Crippen LogP contribution in [0.2, 0.25) is 0 Å². The Balaban J connectivity index is 1.80. The molecule has 1 aromatic carbocycles. The van der Waals surface area contributed by atoms with Crippen LogP contribution in [0.5, 0.6) is 0 Å². The fourth-order valence-corrected chi connectivity index (χ4v) is 2.48. The number of rotatable bonds is 3. The van der Waals surface area contributed by atoms with Crippen molar-refractivity contribution < 1.29 is 22.0 Å². The molecule has 3 heterocycles. The van der Waals surface area contributed by atoms with Crippen molar-refractivity contribution in [2.24, 2.45) is 0 Å². The zero-order valence-corrected chi connectivity index (χ0v) is 13.2. The number of aromatic amines is 1.